The van der Waals surface area contributed by atoms with Gasteiger partial charge in [0.15, 0.2) is 0 Å². The first kappa shape index (κ1) is 24.2. The molecule has 0 aliphatic carbocycles. The molecule has 0 saturated carbocycles. The fourth-order valence-electron chi connectivity index (χ4n) is 3.66. The molecule has 2 aromatic rings. The van der Waals surface area contributed by atoms with Crippen molar-refractivity contribution in [2.45, 2.75) is 31.8 Å². The Bertz CT molecular complexity index is 894. The second-order valence-electron chi connectivity index (χ2n) is 7.65. The van der Waals surface area contributed by atoms with Gasteiger partial charge in [-0.05, 0) is 24.3 Å². The summed E-state index contributed by atoms with van der Waals surface area (Å²) in [6, 6.07) is 14.2. The number of nitrogens with two attached hydrogens (primary N) is 1. The van der Waals surface area contributed by atoms with E-state index in [-0.39, 0.29) is 18.0 Å². The summed E-state index contributed by atoms with van der Waals surface area (Å²) in [7, 11) is 1.75. The summed E-state index contributed by atoms with van der Waals surface area (Å²) in [4.78, 5) is 29.2. The Labute approximate surface area is 194 Å². The Balaban J connectivity index is 1.53. The van der Waals surface area contributed by atoms with E-state index in [2.05, 4.69) is 19.2 Å². The summed E-state index contributed by atoms with van der Waals surface area (Å²) in [5.74, 6) is -0.137. The van der Waals surface area contributed by atoms with E-state index in [1.807, 2.05) is 24.3 Å². The predicted octanol–water partition coefficient (Wildman–Crippen LogP) is 1.53. The fraction of sp³-hybridized carbons (Fsp3) is 0.364. The first-order valence-corrected chi connectivity index (χ1v) is 12.4. The molecule has 0 spiro atoms. The van der Waals surface area contributed by atoms with Gasteiger partial charge in [0.1, 0.15) is 0 Å². The normalized spacial score (nSPS) is 16.5. The summed E-state index contributed by atoms with van der Waals surface area (Å²) in [5.41, 5.74) is 7.67. The zero-order valence-electron chi connectivity index (χ0n) is 18.0. The molecule has 2 amide bonds. The summed E-state index contributed by atoms with van der Waals surface area (Å²) in [6.45, 7) is 1.41. The number of nitrogen functional groups attached to an aromatic ring is 1. The number of amides is 2. The molecule has 9 nitrogen and oxygen atoms in total. The quantitative estimate of drug-likeness (QED) is 0.207. The van der Waals surface area contributed by atoms with Gasteiger partial charge in [0.05, 0.1) is 0 Å². The zero-order chi connectivity index (χ0) is 22.9. The predicted molar refractivity (Wildman–Crippen MR) is 122 cm³/mol. The van der Waals surface area contributed by atoms with Crippen molar-refractivity contribution in [2.75, 3.05) is 30.8 Å². The van der Waals surface area contributed by atoms with Crippen LogP contribution in [0.15, 0.2) is 48.5 Å². The summed E-state index contributed by atoms with van der Waals surface area (Å²) >= 11 is -1.03. The Kier molecular flexibility index (Phi) is 9.06. The molecule has 1 heterocycles. The minimum atomic E-state index is -1.03. The summed E-state index contributed by atoms with van der Waals surface area (Å²) < 4.78 is 5.53. The third kappa shape index (κ3) is 6.78. The fourth-order valence-corrected chi connectivity index (χ4v) is 4.58. The third-order valence-corrected chi connectivity index (χ3v) is 7.05. The average molecular weight is 501 g/mol. The standard InChI is InChI=1S/C22H28GeN4O5/c1-26(19-11-7-17(8-12-19)23-31-32-30)21(28)13-15-27-14-3-2-4-20(27)25-22(29)16-5-9-18(24)10-6-16/h5-12,20,30H,2-4,13-15,24H2,1H3,(H,25,29). The molecular weight excluding hydrogens is 473 g/mol. The molecule has 0 bridgehead atoms. The summed E-state index contributed by atoms with van der Waals surface area (Å²) in [6.07, 6.45) is 3.20. The van der Waals surface area contributed by atoms with Gasteiger partial charge < -0.3 is 5.73 Å². The molecule has 1 saturated heterocycles. The number of likely N-dealkylation sites (tertiary alicyclic amines) is 1. The SMILES string of the molecule is CN(C(=O)CCN1CCCCC1NC(=O)c1ccc(N)cc1)c1cc[c]([Ge][O]OO)cc1. The van der Waals surface area contributed by atoms with Crippen LogP contribution in [0.5, 0.6) is 0 Å². The van der Waals surface area contributed by atoms with E-state index in [0.717, 1.165) is 35.9 Å². The van der Waals surface area contributed by atoms with Crippen molar-refractivity contribution in [1.29, 1.82) is 0 Å². The van der Waals surface area contributed by atoms with Gasteiger partial charge in [0.25, 0.3) is 0 Å². The monoisotopic (exact) mass is 502 g/mol. The van der Waals surface area contributed by atoms with E-state index in [9.17, 15) is 9.59 Å². The molecule has 2 aromatic carbocycles. The molecule has 2 radical (unpaired) electrons. The van der Waals surface area contributed by atoms with Crippen LogP contribution >= 0.6 is 0 Å². The van der Waals surface area contributed by atoms with Gasteiger partial charge in [0, 0.05) is 11.3 Å². The van der Waals surface area contributed by atoms with Gasteiger partial charge in [-0.3, -0.25) is 4.79 Å². The molecule has 1 atom stereocenters. The number of hydrogen-bond donors (Lipinski definition) is 3. The number of rotatable bonds is 9. The first-order valence-electron chi connectivity index (χ1n) is 10.5. The molecule has 170 valence electrons. The van der Waals surface area contributed by atoms with E-state index < -0.39 is 15.8 Å². The van der Waals surface area contributed by atoms with Gasteiger partial charge in [-0.1, -0.05) is 0 Å². The molecule has 3 rings (SSSR count). The zero-order valence-corrected chi connectivity index (χ0v) is 20.1. The van der Waals surface area contributed by atoms with E-state index in [4.69, 9.17) is 11.0 Å². The van der Waals surface area contributed by atoms with Crippen molar-refractivity contribution in [3.8, 4) is 0 Å². The average Bonchev–Trinajstić information content (AvgIpc) is 2.82. The van der Waals surface area contributed by atoms with Crippen molar-refractivity contribution < 1.29 is 23.8 Å². The second kappa shape index (κ2) is 12.0. The molecule has 1 aliphatic rings. The number of benzene rings is 2. The number of nitrogens with one attached hydrogen (secondary N) is 1. The molecule has 32 heavy (non-hydrogen) atoms. The number of carbonyl (C=O) groups is 2. The van der Waals surface area contributed by atoms with E-state index in [1.165, 1.54) is 0 Å². The molecule has 10 heteroatoms. The maximum atomic E-state index is 12.8. The number of carbonyl (C=O) groups excluding carboxylic acids is 2. The van der Waals surface area contributed by atoms with Gasteiger partial charge in [0.2, 0.25) is 0 Å². The van der Waals surface area contributed by atoms with Crippen molar-refractivity contribution in [3.63, 3.8) is 0 Å². The molecule has 0 aromatic heterocycles. The molecule has 1 fully saturated rings. The van der Waals surface area contributed by atoms with Gasteiger partial charge in [-0.25, -0.2) is 0 Å². The van der Waals surface area contributed by atoms with Crippen molar-refractivity contribution in [1.82, 2.24) is 10.2 Å². The van der Waals surface area contributed by atoms with Crippen LogP contribution < -0.4 is 20.3 Å². The molecule has 4 N–H and O–H groups in total. The number of anilines is 2. The van der Waals surface area contributed by atoms with Gasteiger partial charge >= 0.3 is 148 Å². The first-order chi connectivity index (χ1) is 15.5. The number of hydrogen-bond acceptors (Lipinski definition) is 7. The Morgan fingerprint density at radius 2 is 1.91 bits per heavy atom. The van der Waals surface area contributed by atoms with Crippen molar-refractivity contribution >= 4 is 43.4 Å². The minimum absolute atomic E-state index is 0.00195. The van der Waals surface area contributed by atoms with Crippen LogP contribution in [0.4, 0.5) is 11.4 Å². The van der Waals surface area contributed by atoms with Crippen LogP contribution in [0.3, 0.4) is 0 Å². The van der Waals surface area contributed by atoms with Gasteiger partial charge in [-0.2, -0.15) is 0 Å². The molecule has 1 aliphatic heterocycles. The van der Waals surface area contributed by atoms with Crippen LogP contribution in [0.2, 0.25) is 0 Å². The third-order valence-electron chi connectivity index (χ3n) is 5.52. The maximum absolute atomic E-state index is 12.8. The Hall–Kier alpha value is -2.44. The van der Waals surface area contributed by atoms with E-state index in [0.29, 0.717) is 24.2 Å². The van der Waals surface area contributed by atoms with Crippen LogP contribution in [0, 0.1) is 0 Å². The van der Waals surface area contributed by atoms with Gasteiger partial charge in [-0.15, -0.1) is 0 Å². The number of piperidine rings is 1. The Morgan fingerprint density at radius 3 is 2.59 bits per heavy atom. The van der Waals surface area contributed by atoms with E-state index >= 15 is 0 Å². The van der Waals surface area contributed by atoms with Crippen LogP contribution in [-0.4, -0.2) is 64.0 Å². The summed E-state index contributed by atoms with van der Waals surface area (Å²) in [5, 5.41) is 15.0. The van der Waals surface area contributed by atoms with Crippen molar-refractivity contribution in [3.05, 3.63) is 54.1 Å². The van der Waals surface area contributed by atoms with E-state index in [1.54, 1.807) is 36.2 Å². The second-order valence-corrected chi connectivity index (χ2v) is 9.64. The Morgan fingerprint density at radius 1 is 1.19 bits per heavy atom. The van der Waals surface area contributed by atoms with Crippen LogP contribution in [0.25, 0.3) is 0 Å². The topological polar surface area (TPSA) is 117 Å². The van der Waals surface area contributed by atoms with Crippen LogP contribution in [0.1, 0.15) is 36.0 Å². The van der Waals surface area contributed by atoms with Crippen molar-refractivity contribution in [2.24, 2.45) is 0 Å². The molecule has 1 unspecified atom stereocenters. The molecular formula is C22H28GeN4O5. The number of nitrogens with zero attached hydrogens (tertiary/aromatic N) is 2. The van der Waals surface area contributed by atoms with Crippen LogP contribution in [-0.2, 0) is 13.7 Å².